The van der Waals surface area contributed by atoms with E-state index in [0.29, 0.717) is 25.1 Å². The maximum Gasteiger partial charge on any atom is 0.329 e. The first-order valence-electron chi connectivity index (χ1n) is 7.27. The number of nitrogens with zero attached hydrogens (tertiary/aromatic N) is 2. The minimum absolute atomic E-state index is 0.162. The summed E-state index contributed by atoms with van der Waals surface area (Å²) >= 11 is 0. The molecule has 1 aliphatic heterocycles. The van der Waals surface area contributed by atoms with Gasteiger partial charge in [0.05, 0.1) is 0 Å². The number of aryl methyl sites for hydroxylation is 1. The molecule has 0 saturated carbocycles. The van der Waals surface area contributed by atoms with Crippen LogP contribution >= 0.6 is 0 Å². The average Bonchev–Trinajstić information content (AvgIpc) is 3.05. The number of rotatable bonds is 5. The highest BCUT2D eigenvalue weighted by atomic mass is 16.4. The van der Waals surface area contributed by atoms with Gasteiger partial charge in [-0.3, -0.25) is 4.79 Å². The first-order valence-corrected chi connectivity index (χ1v) is 7.27. The molecule has 110 valence electrons. The lowest BCUT2D eigenvalue weighted by Crippen LogP contribution is -2.53. The fourth-order valence-electron chi connectivity index (χ4n) is 3.10. The number of amides is 1. The van der Waals surface area contributed by atoms with Gasteiger partial charge in [0.15, 0.2) is 0 Å². The Bertz CT molecular complexity index is 509. The molecule has 1 saturated heterocycles. The zero-order valence-corrected chi connectivity index (χ0v) is 12.1. The molecule has 2 rings (SSSR count). The lowest BCUT2D eigenvalue weighted by atomic mass is 9.93. The van der Waals surface area contributed by atoms with Gasteiger partial charge >= 0.3 is 5.97 Å². The summed E-state index contributed by atoms with van der Waals surface area (Å²) in [5.74, 6) is -1.05. The standard InChI is InChI=1S/C15H22N2O3/c1-3-9-16-10-5-7-12(16)13(18)17-11-6-8-15(17,4-2)14(19)20/h5,7,10H,3-4,6,8-9,11H2,1-2H3,(H,19,20). The summed E-state index contributed by atoms with van der Waals surface area (Å²) in [6, 6.07) is 3.62. The minimum atomic E-state index is -1.03. The lowest BCUT2D eigenvalue weighted by Gasteiger charge is -2.34. The van der Waals surface area contributed by atoms with Crippen molar-refractivity contribution in [2.75, 3.05) is 6.54 Å². The van der Waals surface area contributed by atoms with Crippen molar-refractivity contribution in [1.82, 2.24) is 9.47 Å². The third-order valence-electron chi connectivity index (χ3n) is 4.23. The number of carbonyl (C=O) groups excluding carboxylic acids is 1. The molecule has 0 bridgehead atoms. The summed E-state index contributed by atoms with van der Waals surface area (Å²) in [5.41, 5.74) is -0.439. The van der Waals surface area contributed by atoms with Crippen molar-refractivity contribution in [2.45, 2.75) is 51.6 Å². The minimum Gasteiger partial charge on any atom is -0.479 e. The van der Waals surface area contributed by atoms with E-state index in [2.05, 4.69) is 6.92 Å². The Morgan fingerprint density at radius 2 is 2.15 bits per heavy atom. The van der Waals surface area contributed by atoms with E-state index in [1.807, 2.05) is 23.8 Å². The van der Waals surface area contributed by atoms with Crippen molar-refractivity contribution in [1.29, 1.82) is 0 Å². The summed E-state index contributed by atoms with van der Waals surface area (Å²) < 4.78 is 1.91. The van der Waals surface area contributed by atoms with Crippen LogP contribution in [0.15, 0.2) is 18.3 Å². The zero-order chi connectivity index (χ0) is 14.8. The van der Waals surface area contributed by atoms with Crippen LogP contribution < -0.4 is 0 Å². The number of carboxylic acids is 1. The molecule has 1 amide bonds. The molecule has 1 aromatic heterocycles. The molecular weight excluding hydrogens is 256 g/mol. The Balaban J connectivity index is 2.32. The van der Waals surface area contributed by atoms with Crippen LogP contribution in [0.4, 0.5) is 0 Å². The van der Waals surface area contributed by atoms with E-state index in [0.717, 1.165) is 19.4 Å². The van der Waals surface area contributed by atoms with Crippen molar-refractivity contribution < 1.29 is 14.7 Å². The van der Waals surface area contributed by atoms with Gasteiger partial charge in [0.2, 0.25) is 0 Å². The smallest absolute Gasteiger partial charge is 0.329 e. The second-order valence-corrected chi connectivity index (χ2v) is 5.34. The van der Waals surface area contributed by atoms with E-state index in [1.165, 1.54) is 0 Å². The molecule has 2 heterocycles. The zero-order valence-electron chi connectivity index (χ0n) is 12.1. The van der Waals surface area contributed by atoms with E-state index in [-0.39, 0.29) is 5.91 Å². The van der Waals surface area contributed by atoms with Crippen LogP contribution in [0.2, 0.25) is 0 Å². The monoisotopic (exact) mass is 278 g/mol. The van der Waals surface area contributed by atoms with Crippen LogP contribution in [0.5, 0.6) is 0 Å². The Labute approximate surface area is 119 Å². The van der Waals surface area contributed by atoms with Crippen LogP contribution in [-0.4, -0.2) is 38.5 Å². The van der Waals surface area contributed by atoms with Gasteiger partial charge in [-0.25, -0.2) is 4.79 Å². The van der Waals surface area contributed by atoms with Gasteiger partial charge in [0.1, 0.15) is 11.2 Å². The summed E-state index contributed by atoms with van der Waals surface area (Å²) in [6.07, 6.45) is 4.55. The van der Waals surface area contributed by atoms with Gasteiger partial charge in [-0.2, -0.15) is 0 Å². The Hall–Kier alpha value is -1.78. The predicted molar refractivity (Wildman–Crippen MR) is 75.7 cm³/mol. The number of aromatic nitrogens is 1. The summed E-state index contributed by atoms with van der Waals surface area (Å²) in [4.78, 5) is 25.9. The van der Waals surface area contributed by atoms with Crippen LogP contribution in [0.1, 0.15) is 50.0 Å². The van der Waals surface area contributed by atoms with E-state index >= 15 is 0 Å². The molecule has 20 heavy (non-hydrogen) atoms. The van der Waals surface area contributed by atoms with Gasteiger partial charge in [0.25, 0.3) is 5.91 Å². The molecule has 0 aliphatic carbocycles. The first-order chi connectivity index (χ1) is 9.56. The highest BCUT2D eigenvalue weighted by molar-refractivity contribution is 5.97. The SMILES string of the molecule is CCCn1cccc1C(=O)N1CCCC1(CC)C(=O)O. The van der Waals surface area contributed by atoms with E-state index in [1.54, 1.807) is 11.0 Å². The fourth-order valence-corrected chi connectivity index (χ4v) is 3.10. The molecule has 1 aliphatic rings. The summed E-state index contributed by atoms with van der Waals surface area (Å²) in [5, 5.41) is 9.55. The second kappa shape index (κ2) is 5.69. The molecule has 0 spiro atoms. The van der Waals surface area contributed by atoms with Crippen molar-refractivity contribution in [3.05, 3.63) is 24.0 Å². The summed E-state index contributed by atoms with van der Waals surface area (Å²) in [7, 11) is 0. The molecule has 5 heteroatoms. The summed E-state index contributed by atoms with van der Waals surface area (Å²) in [6.45, 7) is 5.19. The molecule has 0 aromatic carbocycles. The molecule has 1 N–H and O–H groups in total. The second-order valence-electron chi connectivity index (χ2n) is 5.34. The van der Waals surface area contributed by atoms with Gasteiger partial charge < -0.3 is 14.6 Å². The third kappa shape index (κ3) is 2.21. The fraction of sp³-hybridized carbons (Fsp3) is 0.600. The van der Waals surface area contributed by atoms with Crippen molar-refractivity contribution in [3.8, 4) is 0 Å². The number of hydrogen-bond donors (Lipinski definition) is 1. The highest BCUT2D eigenvalue weighted by Gasteiger charge is 2.49. The third-order valence-corrected chi connectivity index (χ3v) is 4.23. The Morgan fingerprint density at radius 3 is 2.75 bits per heavy atom. The molecule has 1 aromatic rings. The Morgan fingerprint density at radius 1 is 1.40 bits per heavy atom. The largest absolute Gasteiger partial charge is 0.479 e. The molecule has 5 nitrogen and oxygen atoms in total. The first kappa shape index (κ1) is 14.6. The number of carbonyl (C=O) groups is 2. The quantitative estimate of drug-likeness (QED) is 0.899. The normalized spacial score (nSPS) is 22.2. The van der Waals surface area contributed by atoms with Crippen molar-refractivity contribution >= 4 is 11.9 Å². The van der Waals surface area contributed by atoms with Gasteiger partial charge in [-0.05, 0) is 37.8 Å². The predicted octanol–water partition coefficient (Wildman–Crippen LogP) is 2.37. The van der Waals surface area contributed by atoms with Crippen LogP contribution in [0, 0.1) is 0 Å². The highest BCUT2D eigenvalue weighted by Crippen LogP contribution is 2.34. The van der Waals surface area contributed by atoms with E-state index in [9.17, 15) is 14.7 Å². The molecule has 1 fully saturated rings. The van der Waals surface area contributed by atoms with E-state index < -0.39 is 11.5 Å². The van der Waals surface area contributed by atoms with Gasteiger partial charge in [-0.1, -0.05) is 13.8 Å². The maximum atomic E-state index is 12.7. The molecule has 1 atom stereocenters. The molecular formula is C15H22N2O3. The number of likely N-dealkylation sites (tertiary alicyclic amines) is 1. The maximum absolute atomic E-state index is 12.7. The number of hydrogen-bond acceptors (Lipinski definition) is 2. The van der Waals surface area contributed by atoms with Crippen molar-refractivity contribution in [2.24, 2.45) is 0 Å². The van der Waals surface area contributed by atoms with Gasteiger partial charge in [0, 0.05) is 19.3 Å². The van der Waals surface area contributed by atoms with Crippen molar-refractivity contribution in [3.63, 3.8) is 0 Å². The average molecular weight is 278 g/mol. The lowest BCUT2D eigenvalue weighted by molar-refractivity contribution is -0.148. The van der Waals surface area contributed by atoms with Gasteiger partial charge in [-0.15, -0.1) is 0 Å². The number of carboxylic acid groups (broad SMARTS) is 1. The van der Waals surface area contributed by atoms with Crippen LogP contribution in [-0.2, 0) is 11.3 Å². The number of aliphatic carboxylic acids is 1. The van der Waals surface area contributed by atoms with Crippen LogP contribution in [0.3, 0.4) is 0 Å². The topological polar surface area (TPSA) is 62.5 Å². The molecule has 0 radical (unpaired) electrons. The van der Waals surface area contributed by atoms with E-state index in [4.69, 9.17) is 0 Å². The Kier molecular flexibility index (Phi) is 4.16. The molecule has 1 unspecified atom stereocenters. The van der Waals surface area contributed by atoms with Crippen LogP contribution in [0.25, 0.3) is 0 Å².